The molecule has 1 aromatic heterocycles. The van der Waals surface area contributed by atoms with Crippen molar-refractivity contribution in [2.45, 2.75) is 44.8 Å². The summed E-state index contributed by atoms with van der Waals surface area (Å²) in [5.74, 6) is 1.11. The van der Waals surface area contributed by atoms with Gasteiger partial charge in [0.1, 0.15) is 11.3 Å². The third kappa shape index (κ3) is 2.49. The van der Waals surface area contributed by atoms with Crippen LogP contribution >= 0.6 is 0 Å². The molecule has 0 aliphatic carbocycles. The first-order valence-corrected chi connectivity index (χ1v) is 8.29. The van der Waals surface area contributed by atoms with Crippen molar-refractivity contribution in [3.05, 3.63) is 36.1 Å². The van der Waals surface area contributed by atoms with E-state index in [9.17, 15) is 0 Å². The van der Waals surface area contributed by atoms with E-state index >= 15 is 0 Å². The lowest BCUT2D eigenvalue weighted by molar-refractivity contribution is 0.0396. The van der Waals surface area contributed by atoms with Gasteiger partial charge in [0.2, 0.25) is 0 Å². The van der Waals surface area contributed by atoms with E-state index in [-0.39, 0.29) is 0 Å². The number of para-hydroxylation sites is 1. The Kier molecular flexibility index (Phi) is 3.48. The molecule has 3 heteroatoms. The Labute approximate surface area is 126 Å². The fraction of sp³-hybridized carbons (Fsp3) is 0.556. The summed E-state index contributed by atoms with van der Waals surface area (Å²) in [5, 5.41) is 1.22. The van der Waals surface area contributed by atoms with Crippen LogP contribution < -0.4 is 0 Å². The van der Waals surface area contributed by atoms with Gasteiger partial charge in [0.15, 0.2) is 0 Å². The highest BCUT2D eigenvalue weighted by Gasteiger charge is 2.35. The van der Waals surface area contributed by atoms with E-state index in [4.69, 9.17) is 4.42 Å². The number of hydrogen-bond acceptors (Lipinski definition) is 3. The summed E-state index contributed by atoms with van der Waals surface area (Å²) in [6, 6.07) is 12.0. The van der Waals surface area contributed by atoms with Crippen LogP contribution in [-0.4, -0.2) is 41.5 Å². The average Bonchev–Trinajstić information content (AvgIpc) is 3.11. The van der Waals surface area contributed by atoms with Crippen molar-refractivity contribution in [1.82, 2.24) is 9.80 Å². The largest absolute Gasteiger partial charge is 0.460 e. The first-order valence-electron chi connectivity index (χ1n) is 8.29. The number of benzene rings is 1. The van der Waals surface area contributed by atoms with Crippen LogP contribution in [0.3, 0.4) is 0 Å². The van der Waals surface area contributed by atoms with E-state index < -0.39 is 0 Å². The lowest BCUT2D eigenvalue weighted by Gasteiger charge is -2.43. The Bertz CT molecular complexity index is 587. The zero-order chi connectivity index (χ0) is 14.2. The molecule has 0 N–H and O–H groups in total. The van der Waals surface area contributed by atoms with E-state index in [1.165, 1.54) is 44.3 Å². The Morgan fingerprint density at radius 1 is 1.24 bits per heavy atom. The van der Waals surface area contributed by atoms with Gasteiger partial charge >= 0.3 is 0 Å². The Hall–Kier alpha value is -1.32. The number of hydrogen-bond donors (Lipinski definition) is 0. The van der Waals surface area contributed by atoms with E-state index in [2.05, 4.69) is 41.0 Å². The van der Waals surface area contributed by atoms with Crippen LogP contribution in [0.25, 0.3) is 11.0 Å². The number of furan rings is 1. The fourth-order valence-corrected chi connectivity index (χ4v) is 4.04. The lowest BCUT2D eigenvalue weighted by atomic mass is 10.0. The Balaban J connectivity index is 1.54. The molecule has 4 rings (SSSR count). The molecule has 112 valence electrons. The summed E-state index contributed by atoms with van der Waals surface area (Å²) in [6.07, 6.45) is 3.97. The molecule has 1 aromatic carbocycles. The Morgan fingerprint density at radius 3 is 3.00 bits per heavy atom. The number of piperazine rings is 1. The minimum atomic E-state index is 0.674. The quantitative estimate of drug-likeness (QED) is 0.860. The number of fused-ring (bicyclic) bond motifs is 2. The first-order chi connectivity index (χ1) is 10.3. The molecule has 2 aliphatic rings. The van der Waals surface area contributed by atoms with Crippen LogP contribution in [0.5, 0.6) is 0 Å². The van der Waals surface area contributed by atoms with Crippen LogP contribution in [-0.2, 0) is 6.54 Å². The van der Waals surface area contributed by atoms with E-state index in [0.717, 1.165) is 23.9 Å². The normalized spacial score (nSPS) is 27.3. The molecular weight excluding hydrogens is 260 g/mol. The molecule has 0 saturated carbocycles. The topological polar surface area (TPSA) is 19.6 Å². The summed E-state index contributed by atoms with van der Waals surface area (Å²) in [6.45, 7) is 7.01. The van der Waals surface area contributed by atoms with Gasteiger partial charge in [-0.1, -0.05) is 25.1 Å². The van der Waals surface area contributed by atoms with Gasteiger partial charge in [0, 0.05) is 30.6 Å². The second-order valence-electron chi connectivity index (χ2n) is 6.53. The van der Waals surface area contributed by atoms with Gasteiger partial charge in [0.05, 0.1) is 6.54 Å². The van der Waals surface area contributed by atoms with Crippen molar-refractivity contribution >= 4 is 11.0 Å². The van der Waals surface area contributed by atoms with Gasteiger partial charge in [-0.3, -0.25) is 9.80 Å². The molecule has 21 heavy (non-hydrogen) atoms. The summed E-state index contributed by atoms with van der Waals surface area (Å²) < 4.78 is 6.02. The molecule has 0 amide bonds. The number of rotatable bonds is 3. The maximum Gasteiger partial charge on any atom is 0.134 e. The molecule has 0 spiro atoms. The number of nitrogens with zero attached hydrogens (tertiary/aromatic N) is 2. The third-order valence-corrected chi connectivity index (χ3v) is 5.21. The van der Waals surface area contributed by atoms with Gasteiger partial charge in [-0.2, -0.15) is 0 Å². The summed E-state index contributed by atoms with van der Waals surface area (Å²) >= 11 is 0. The molecule has 2 fully saturated rings. The maximum atomic E-state index is 6.02. The second kappa shape index (κ2) is 5.47. The molecule has 0 radical (unpaired) electrons. The summed E-state index contributed by atoms with van der Waals surface area (Å²) in [7, 11) is 0. The fourth-order valence-electron chi connectivity index (χ4n) is 4.04. The molecule has 2 aliphatic heterocycles. The van der Waals surface area contributed by atoms with Gasteiger partial charge in [-0.15, -0.1) is 0 Å². The SMILES string of the molecule is CC[C@@H]1CN2CCC[C@H]2CN1Cc1cc2ccccc2o1. The zero-order valence-electron chi connectivity index (χ0n) is 12.8. The van der Waals surface area contributed by atoms with Gasteiger partial charge in [-0.25, -0.2) is 0 Å². The average molecular weight is 284 g/mol. The summed E-state index contributed by atoms with van der Waals surface area (Å²) in [5.41, 5.74) is 1.01. The van der Waals surface area contributed by atoms with E-state index in [1.54, 1.807) is 0 Å². The zero-order valence-corrected chi connectivity index (χ0v) is 12.8. The van der Waals surface area contributed by atoms with Gasteiger partial charge in [0.25, 0.3) is 0 Å². The maximum absolute atomic E-state index is 6.02. The standard InChI is InChI=1S/C18H24N2O/c1-2-15-11-19-9-5-7-16(19)12-20(15)13-17-10-14-6-3-4-8-18(14)21-17/h3-4,6,8,10,15-16H,2,5,7,9,11-13H2,1H3/t15-,16+/m1/s1. The minimum absolute atomic E-state index is 0.674. The van der Waals surface area contributed by atoms with Gasteiger partial charge < -0.3 is 4.42 Å². The molecule has 3 heterocycles. The molecule has 2 atom stereocenters. The second-order valence-corrected chi connectivity index (χ2v) is 6.53. The van der Waals surface area contributed by atoms with Crippen molar-refractivity contribution < 1.29 is 4.42 Å². The van der Waals surface area contributed by atoms with Crippen molar-refractivity contribution in [2.75, 3.05) is 19.6 Å². The summed E-state index contributed by atoms with van der Waals surface area (Å²) in [4.78, 5) is 5.34. The molecular formula is C18H24N2O. The first kappa shape index (κ1) is 13.4. The smallest absolute Gasteiger partial charge is 0.134 e. The van der Waals surface area contributed by atoms with Crippen molar-refractivity contribution in [3.8, 4) is 0 Å². The van der Waals surface area contributed by atoms with Crippen LogP contribution in [0.1, 0.15) is 31.9 Å². The van der Waals surface area contributed by atoms with E-state index in [1.807, 2.05) is 6.07 Å². The van der Waals surface area contributed by atoms with Gasteiger partial charge in [-0.05, 0) is 37.9 Å². The third-order valence-electron chi connectivity index (χ3n) is 5.21. The molecule has 2 saturated heterocycles. The van der Waals surface area contributed by atoms with Crippen molar-refractivity contribution in [3.63, 3.8) is 0 Å². The highest BCUT2D eigenvalue weighted by atomic mass is 16.3. The van der Waals surface area contributed by atoms with Crippen LogP contribution in [0.4, 0.5) is 0 Å². The van der Waals surface area contributed by atoms with Crippen LogP contribution in [0, 0.1) is 0 Å². The highest BCUT2D eigenvalue weighted by molar-refractivity contribution is 5.77. The Morgan fingerprint density at radius 2 is 2.14 bits per heavy atom. The molecule has 0 bridgehead atoms. The monoisotopic (exact) mass is 284 g/mol. The lowest BCUT2D eigenvalue weighted by Crippen LogP contribution is -2.55. The molecule has 0 unspecified atom stereocenters. The van der Waals surface area contributed by atoms with Crippen LogP contribution in [0.2, 0.25) is 0 Å². The predicted octanol–water partition coefficient (Wildman–Crippen LogP) is 3.49. The molecule has 2 aromatic rings. The highest BCUT2D eigenvalue weighted by Crippen LogP contribution is 2.28. The van der Waals surface area contributed by atoms with Crippen molar-refractivity contribution in [2.24, 2.45) is 0 Å². The van der Waals surface area contributed by atoms with Crippen LogP contribution in [0.15, 0.2) is 34.7 Å². The predicted molar refractivity (Wildman–Crippen MR) is 85.3 cm³/mol. The molecule has 3 nitrogen and oxygen atoms in total. The van der Waals surface area contributed by atoms with E-state index in [0.29, 0.717) is 6.04 Å². The minimum Gasteiger partial charge on any atom is -0.460 e. The van der Waals surface area contributed by atoms with Crippen molar-refractivity contribution in [1.29, 1.82) is 0 Å².